The lowest BCUT2D eigenvalue weighted by Crippen LogP contribution is -2.07. The first kappa shape index (κ1) is 10.7. The van der Waals surface area contributed by atoms with E-state index in [4.69, 9.17) is 5.84 Å². The lowest BCUT2D eigenvalue weighted by molar-refractivity contribution is 1.03. The van der Waals surface area contributed by atoms with Crippen LogP contribution in [-0.4, -0.2) is 4.68 Å². The number of hydrogen-bond acceptors (Lipinski definition) is 1. The molecule has 0 radical (unpaired) electrons. The van der Waals surface area contributed by atoms with Crippen LogP contribution in [-0.2, 0) is 0 Å². The van der Waals surface area contributed by atoms with Gasteiger partial charge in [-0.15, -0.1) is 0 Å². The van der Waals surface area contributed by atoms with Crippen molar-refractivity contribution in [1.29, 1.82) is 0 Å². The summed E-state index contributed by atoms with van der Waals surface area (Å²) in [5, 5.41) is 0. The van der Waals surface area contributed by atoms with E-state index in [1.807, 2.05) is 42.6 Å². The first-order chi connectivity index (χ1) is 8.84. The second-order valence-corrected chi connectivity index (χ2v) is 4.25. The van der Waals surface area contributed by atoms with Crippen LogP contribution in [0.3, 0.4) is 0 Å². The SMILES string of the molecule is Nn1cc(-c2ccccc2)cc1-c1ccccc1. The molecule has 2 nitrogen and oxygen atoms in total. The molecular formula is C16H14N2. The smallest absolute Gasteiger partial charge is 0.0696 e. The molecule has 3 aromatic rings. The van der Waals surface area contributed by atoms with E-state index in [2.05, 4.69) is 30.3 Å². The van der Waals surface area contributed by atoms with Gasteiger partial charge in [-0.25, -0.2) is 0 Å². The number of nitrogens with two attached hydrogens (primary N) is 1. The molecule has 2 heteroatoms. The Balaban J connectivity index is 2.07. The zero-order valence-corrected chi connectivity index (χ0v) is 9.95. The average molecular weight is 234 g/mol. The normalized spacial score (nSPS) is 10.4. The molecule has 0 fully saturated rings. The molecule has 3 rings (SSSR count). The number of rotatable bonds is 2. The number of hydrogen-bond donors (Lipinski definition) is 1. The molecule has 0 saturated carbocycles. The van der Waals surface area contributed by atoms with Crippen LogP contribution in [0.1, 0.15) is 0 Å². The molecule has 2 aromatic carbocycles. The van der Waals surface area contributed by atoms with Crippen LogP contribution in [0.5, 0.6) is 0 Å². The first-order valence-electron chi connectivity index (χ1n) is 5.93. The third kappa shape index (κ3) is 1.89. The molecule has 2 N–H and O–H groups in total. The summed E-state index contributed by atoms with van der Waals surface area (Å²) in [5.74, 6) is 6.03. The molecule has 0 spiro atoms. The summed E-state index contributed by atoms with van der Waals surface area (Å²) >= 11 is 0. The summed E-state index contributed by atoms with van der Waals surface area (Å²) in [6.07, 6.45) is 1.96. The van der Waals surface area contributed by atoms with Crippen LogP contribution in [0, 0.1) is 0 Å². The van der Waals surface area contributed by atoms with Gasteiger partial charge in [-0.05, 0) is 11.6 Å². The minimum atomic E-state index is 1.02. The van der Waals surface area contributed by atoms with Crippen LogP contribution in [0.4, 0.5) is 0 Å². The van der Waals surface area contributed by atoms with E-state index >= 15 is 0 Å². The third-order valence-corrected chi connectivity index (χ3v) is 3.03. The molecule has 0 amide bonds. The van der Waals surface area contributed by atoms with E-state index in [0.29, 0.717) is 0 Å². The Labute approximate surface area is 106 Å². The summed E-state index contributed by atoms with van der Waals surface area (Å²) in [6.45, 7) is 0. The zero-order valence-electron chi connectivity index (χ0n) is 9.95. The molecule has 0 atom stereocenters. The van der Waals surface area contributed by atoms with Crippen molar-refractivity contribution >= 4 is 0 Å². The van der Waals surface area contributed by atoms with Gasteiger partial charge in [0.2, 0.25) is 0 Å². The summed E-state index contributed by atoms with van der Waals surface area (Å²) in [6, 6.07) is 22.5. The Morgan fingerprint density at radius 1 is 0.667 bits per heavy atom. The van der Waals surface area contributed by atoms with E-state index in [0.717, 1.165) is 16.8 Å². The van der Waals surface area contributed by atoms with Gasteiger partial charge < -0.3 is 5.84 Å². The van der Waals surface area contributed by atoms with Crippen molar-refractivity contribution in [3.05, 3.63) is 72.9 Å². The molecule has 0 unspecified atom stereocenters. The first-order valence-corrected chi connectivity index (χ1v) is 5.93. The van der Waals surface area contributed by atoms with Crippen LogP contribution < -0.4 is 5.84 Å². The number of aromatic nitrogens is 1. The van der Waals surface area contributed by atoms with Gasteiger partial charge in [-0.3, -0.25) is 4.68 Å². The maximum atomic E-state index is 6.03. The fourth-order valence-corrected chi connectivity index (χ4v) is 2.11. The maximum Gasteiger partial charge on any atom is 0.0696 e. The van der Waals surface area contributed by atoms with Gasteiger partial charge in [-0.1, -0.05) is 60.7 Å². The molecule has 0 aliphatic carbocycles. The van der Waals surface area contributed by atoms with Crippen molar-refractivity contribution in [3.63, 3.8) is 0 Å². The Hall–Kier alpha value is -2.48. The predicted octanol–water partition coefficient (Wildman–Crippen LogP) is 3.54. The zero-order chi connectivity index (χ0) is 12.4. The lowest BCUT2D eigenvalue weighted by atomic mass is 10.1. The quantitative estimate of drug-likeness (QED) is 0.675. The van der Waals surface area contributed by atoms with Crippen molar-refractivity contribution in [1.82, 2.24) is 4.68 Å². The molecular weight excluding hydrogens is 220 g/mol. The van der Waals surface area contributed by atoms with Gasteiger partial charge in [0.15, 0.2) is 0 Å². The van der Waals surface area contributed by atoms with Crippen molar-refractivity contribution < 1.29 is 0 Å². The van der Waals surface area contributed by atoms with E-state index < -0.39 is 0 Å². The molecule has 0 aliphatic heterocycles. The highest BCUT2D eigenvalue weighted by Gasteiger charge is 2.06. The van der Waals surface area contributed by atoms with Gasteiger partial charge in [-0.2, -0.15) is 0 Å². The minimum absolute atomic E-state index is 1.02. The Morgan fingerprint density at radius 3 is 1.83 bits per heavy atom. The second kappa shape index (κ2) is 4.41. The average Bonchev–Trinajstić information content (AvgIpc) is 2.83. The molecule has 1 heterocycles. The Morgan fingerprint density at radius 2 is 1.22 bits per heavy atom. The third-order valence-electron chi connectivity index (χ3n) is 3.03. The maximum absolute atomic E-state index is 6.03. The van der Waals surface area contributed by atoms with Gasteiger partial charge in [0.05, 0.1) is 5.69 Å². The minimum Gasteiger partial charge on any atom is -0.339 e. The van der Waals surface area contributed by atoms with Gasteiger partial charge in [0, 0.05) is 17.3 Å². The molecule has 0 saturated heterocycles. The highest BCUT2D eigenvalue weighted by Crippen LogP contribution is 2.26. The molecule has 18 heavy (non-hydrogen) atoms. The summed E-state index contributed by atoms with van der Waals surface area (Å²) < 4.78 is 1.68. The highest BCUT2D eigenvalue weighted by atomic mass is 15.3. The monoisotopic (exact) mass is 234 g/mol. The lowest BCUT2D eigenvalue weighted by Gasteiger charge is -2.01. The molecule has 0 bridgehead atoms. The van der Waals surface area contributed by atoms with Crippen molar-refractivity contribution in [2.75, 3.05) is 5.84 Å². The standard InChI is InChI=1S/C16H14N2/c17-18-12-15(13-7-3-1-4-8-13)11-16(18)14-9-5-2-6-10-14/h1-12H,17H2. The van der Waals surface area contributed by atoms with Gasteiger partial charge in [0.1, 0.15) is 0 Å². The summed E-state index contributed by atoms with van der Waals surface area (Å²) in [5.41, 5.74) is 4.47. The Kier molecular flexibility index (Phi) is 2.61. The largest absolute Gasteiger partial charge is 0.339 e. The van der Waals surface area contributed by atoms with Gasteiger partial charge >= 0.3 is 0 Å². The number of benzene rings is 2. The van der Waals surface area contributed by atoms with Crippen LogP contribution in [0.15, 0.2) is 72.9 Å². The summed E-state index contributed by atoms with van der Waals surface area (Å²) in [4.78, 5) is 0. The number of nitrogen functional groups attached to an aromatic ring is 1. The Bertz CT molecular complexity index is 639. The predicted molar refractivity (Wildman–Crippen MR) is 75.5 cm³/mol. The fourth-order valence-electron chi connectivity index (χ4n) is 2.11. The van der Waals surface area contributed by atoms with E-state index in [1.54, 1.807) is 4.68 Å². The van der Waals surface area contributed by atoms with Crippen molar-refractivity contribution in [3.8, 4) is 22.4 Å². The molecule has 1 aromatic heterocycles. The van der Waals surface area contributed by atoms with E-state index in [1.165, 1.54) is 5.56 Å². The van der Waals surface area contributed by atoms with Gasteiger partial charge in [0.25, 0.3) is 0 Å². The van der Waals surface area contributed by atoms with Crippen LogP contribution >= 0.6 is 0 Å². The van der Waals surface area contributed by atoms with Crippen molar-refractivity contribution in [2.45, 2.75) is 0 Å². The van der Waals surface area contributed by atoms with Crippen molar-refractivity contribution in [2.24, 2.45) is 0 Å². The van der Waals surface area contributed by atoms with Crippen LogP contribution in [0.2, 0.25) is 0 Å². The molecule has 0 aliphatic rings. The van der Waals surface area contributed by atoms with E-state index in [-0.39, 0.29) is 0 Å². The highest BCUT2D eigenvalue weighted by molar-refractivity contribution is 5.72. The fraction of sp³-hybridized carbons (Fsp3) is 0. The van der Waals surface area contributed by atoms with E-state index in [9.17, 15) is 0 Å². The summed E-state index contributed by atoms with van der Waals surface area (Å²) in [7, 11) is 0. The van der Waals surface area contributed by atoms with Crippen LogP contribution in [0.25, 0.3) is 22.4 Å². The topological polar surface area (TPSA) is 30.9 Å². The molecule has 88 valence electrons. The number of nitrogens with zero attached hydrogens (tertiary/aromatic N) is 1. The second-order valence-electron chi connectivity index (χ2n) is 4.25.